The highest BCUT2D eigenvalue weighted by molar-refractivity contribution is 5.94. The van der Waals surface area contributed by atoms with E-state index in [2.05, 4.69) is 68.3 Å². The summed E-state index contributed by atoms with van der Waals surface area (Å²) in [7, 11) is 2.02. The monoisotopic (exact) mass is 263 g/mol. The van der Waals surface area contributed by atoms with E-state index in [9.17, 15) is 0 Å². The first-order chi connectivity index (χ1) is 9.59. The van der Waals surface area contributed by atoms with Crippen molar-refractivity contribution in [2.45, 2.75) is 20.8 Å². The molecule has 0 radical (unpaired) electrons. The van der Waals surface area contributed by atoms with Gasteiger partial charge >= 0.3 is 0 Å². The van der Waals surface area contributed by atoms with Crippen molar-refractivity contribution < 1.29 is 4.68 Å². The van der Waals surface area contributed by atoms with Crippen molar-refractivity contribution >= 4 is 10.8 Å². The predicted molar refractivity (Wildman–Crippen MR) is 82.6 cm³/mol. The van der Waals surface area contributed by atoms with Gasteiger partial charge < -0.3 is 0 Å². The molecule has 100 valence electrons. The van der Waals surface area contributed by atoms with E-state index in [4.69, 9.17) is 0 Å². The molecule has 2 nitrogen and oxygen atoms in total. The summed E-state index contributed by atoms with van der Waals surface area (Å²) in [6, 6.07) is 14.9. The molecule has 0 aliphatic rings. The normalized spacial score (nSPS) is 11.0. The van der Waals surface area contributed by atoms with Gasteiger partial charge in [-0.05, 0) is 49.1 Å². The van der Waals surface area contributed by atoms with E-state index in [1.165, 1.54) is 33.2 Å². The fourth-order valence-corrected chi connectivity index (χ4v) is 2.84. The van der Waals surface area contributed by atoms with Crippen LogP contribution >= 0.6 is 0 Å². The fourth-order valence-electron chi connectivity index (χ4n) is 2.84. The quantitative estimate of drug-likeness (QED) is 0.612. The lowest BCUT2D eigenvalue weighted by Gasteiger charge is -2.09. The first kappa shape index (κ1) is 12.8. The molecule has 0 saturated heterocycles. The Hall–Kier alpha value is -2.22. The van der Waals surface area contributed by atoms with E-state index in [1.807, 2.05) is 11.7 Å². The van der Waals surface area contributed by atoms with Gasteiger partial charge in [-0.1, -0.05) is 35.0 Å². The van der Waals surface area contributed by atoms with Crippen LogP contribution in [0.5, 0.6) is 0 Å². The molecule has 0 aliphatic heterocycles. The first-order valence-corrected chi connectivity index (χ1v) is 6.92. The van der Waals surface area contributed by atoms with Crippen LogP contribution in [-0.4, -0.2) is 5.10 Å². The third-order valence-electron chi connectivity index (χ3n) is 4.06. The summed E-state index contributed by atoms with van der Waals surface area (Å²) in [5.41, 5.74) is 6.15. The number of aromatic nitrogens is 2. The Morgan fingerprint density at radius 2 is 1.55 bits per heavy atom. The van der Waals surface area contributed by atoms with Crippen LogP contribution in [0.25, 0.3) is 22.0 Å². The molecule has 1 aromatic heterocycles. The van der Waals surface area contributed by atoms with Crippen molar-refractivity contribution in [2.24, 2.45) is 7.05 Å². The molecule has 2 heteroatoms. The zero-order chi connectivity index (χ0) is 14.3. The van der Waals surface area contributed by atoms with Crippen LogP contribution in [0.1, 0.15) is 16.8 Å². The Bertz CT molecular complexity index is 804. The molecule has 0 fully saturated rings. The van der Waals surface area contributed by atoms with E-state index < -0.39 is 0 Å². The third kappa shape index (κ3) is 1.88. The van der Waals surface area contributed by atoms with Crippen molar-refractivity contribution in [3.63, 3.8) is 0 Å². The Morgan fingerprint density at radius 1 is 0.850 bits per heavy atom. The molecule has 0 unspecified atom stereocenters. The van der Waals surface area contributed by atoms with Gasteiger partial charge in [0.1, 0.15) is 5.69 Å². The van der Waals surface area contributed by atoms with Crippen LogP contribution in [0.2, 0.25) is 0 Å². The van der Waals surface area contributed by atoms with Gasteiger partial charge in [0, 0.05) is 5.39 Å². The smallest absolute Gasteiger partial charge is 0.0855 e. The van der Waals surface area contributed by atoms with Gasteiger partial charge in [0.05, 0.1) is 10.9 Å². The van der Waals surface area contributed by atoms with E-state index >= 15 is 0 Å². The minimum atomic E-state index is 1.07. The molecular formula is C18H19N2+. The summed E-state index contributed by atoms with van der Waals surface area (Å²) >= 11 is 0. The SMILES string of the molecule is Cc1cccc(-c2c3ccccc3c(C)n[n+]2C)c1C. The summed E-state index contributed by atoms with van der Waals surface area (Å²) < 4.78 is 2.00. The van der Waals surface area contributed by atoms with E-state index in [-0.39, 0.29) is 0 Å². The van der Waals surface area contributed by atoms with E-state index in [0.717, 1.165) is 5.69 Å². The van der Waals surface area contributed by atoms with E-state index in [0.29, 0.717) is 0 Å². The van der Waals surface area contributed by atoms with Crippen LogP contribution in [0, 0.1) is 20.8 Å². The van der Waals surface area contributed by atoms with Gasteiger partial charge in [-0.2, -0.15) is 0 Å². The Kier molecular flexibility index (Phi) is 3.01. The molecule has 2 aromatic carbocycles. The molecular weight excluding hydrogens is 244 g/mol. The average Bonchev–Trinajstić information content (AvgIpc) is 2.43. The molecule has 0 atom stereocenters. The Labute approximate surface area is 119 Å². The second-order valence-electron chi connectivity index (χ2n) is 5.35. The summed E-state index contributed by atoms with van der Waals surface area (Å²) in [5, 5.41) is 7.15. The van der Waals surface area contributed by atoms with Crippen molar-refractivity contribution in [1.82, 2.24) is 5.10 Å². The number of benzene rings is 2. The molecule has 0 bridgehead atoms. The van der Waals surface area contributed by atoms with Crippen molar-refractivity contribution in [3.05, 3.63) is 59.3 Å². The van der Waals surface area contributed by atoms with Crippen LogP contribution in [0.3, 0.4) is 0 Å². The summed E-state index contributed by atoms with van der Waals surface area (Å²) in [5.74, 6) is 0. The first-order valence-electron chi connectivity index (χ1n) is 6.92. The molecule has 0 spiro atoms. The highest BCUT2D eigenvalue weighted by atomic mass is 15.3. The standard InChI is InChI=1S/C18H19N2/c1-12-8-7-11-15(13(12)2)18-17-10-6-5-9-16(17)14(3)19-20(18)4/h5-11H,1-4H3/q+1. The zero-order valence-electron chi connectivity index (χ0n) is 12.4. The van der Waals surface area contributed by atoms with Crippen molar-refractivity contribution in [2.75, 3.05) is 0 Å². The largest absolute Gasteiger partial charge is 0.246 e. The van der Waals surface area contributed by atoms with Crippen LogP contribution in [0.15, 0.2) is 42.5 Å². The lowest BCUT2D eigenvalue weighted by molar-refractivity contribution is -0.719. The maximum absolute atomic E-state index is 4.67. The maximum Gasteiger partial charge on any atom is 0.246 e. The van der Waals surface area contributed by atoms with Crippen LogP contribution < -0.4 is 4.68 Å². The highest BCUT2D eigenvalue weighted by Gasteiger charge is 2.20. The summed E-state index contributed by atoms with van der Waals surface area (Å²) in [4.78, 5) is 0. The van der Waals surface area contributed by atoms with Gasteiger partial charge in [0.15, 0.2) is 7.05 Å². The van der Waals surface area contributed by atoms with Crippen molar-refractivity contribution in [1.29, 1.82) is 0 Å². The molecule has 0 N–H and O–H groups in total. The third-order valence-corrected chi connectivity index (χ3v) is 4.06. The van der Waals surface area contributed by atoms with Crippen LogP contribution in [-0.2, 0) is 7.05 Å². The van der Waals surface area contributed by atoms with Gasteiger partial charge in [-0.15, -0.1) is 0 Å². The van der Waals surface area contributed by atoms with Gasteiger partial charge in [-0.3, -0.25) is 0 Å². The second-order valence-corrected chi connectivity index (χ2v) is 5.35. The number of rotatable bonds is 1. The van der Waals surface area contributed by atoms with Crippen LogP contribution in [0.4, 0.5) is 0 Å². The maximum atomic E-state index is 4.67. The Balaban J connectivity index is 2.45. The molecule has 0 aliphatic carbocycles. The number of nitrogens with zero attached hydrogens (tertiary/aromatic N) is 2. The lowest BCUT2D eigenvalue weighted by Crippen LogP contribution is -2.36. The summed E-state index contributed by atoms with van der Waals surface area (Å²) in [6.07, 6.45) is 0. The predicted octanol–water partition coefficient (Wildman–Crippen LogP) is 3.65. The topological polar surface area (TPSA) is 16.8 Å². The molecule has 1 heterocycles. The molecule has 0 saturated carbocycles. The second kappa shape index (κ2) is 4.71. The minimum Gasteiger partial charge on any atom is -0.0855 e. The molecule has 0 amide bonds. The van der Waals surface area contributed by atoms with Gasteiger partial charge in [0.2, 0.25) is 5.69 Å². The van der Waals surface area contributed by atoms with Gasteiger partial charge in [0.25, 0.3) is 0 Å². The number of hydrogen-bond acceptors (Lipinski definition) is 1. The molecule has 20 heavy (non-hydrogen) atoms. The number of fused-ring (bicyclic) bond motifs is 1. The summed E-state index contributed by atoms with van der Waals surface area (Å²) in [6.45, 7) is 6.40. The number of aryl methyl sites for hydroxylation is 3. The Morgan fingerprint density at radius 3 is 2.30 bits per heavy atom. The minimum absolute atomic E-state index is 1.07. The zero-order valence-corrected chi connectivity index (χ0v) is 12.4. The average molecular weight is 263 g/mol. The highest BCUT2D eigenvalue weighted by Crippen LogP contribution is 2.29. The molecule has 3 aromatic rings. The molecule has 3 rings (SSSR count). The van der Waals surface area contributed by atoms with Gasteiger partial charge in [-0.25, -0.2) is 0 Å². The van der Waals surface area contributed by atoms with E-state index in [1.54, 1.807) is 0 Å². The number of hydrogen-bond donors (Lipinski definition) is 0. The fraction of sp³-hybridized carbons (Fsp3) is 0.222. The lowest BCUT2D eigenvalue weighted by atomic mass is 9.97. The van der Waals surface area contributed by atoms with Crippen molar-refractivity contribution in [3.8, 4) is 11.3 Å².